The van der Waals surface area contributed by atoms with E-state index in [0.29, 0.717) is 0 Å². The molecule has 0 amide bonds. The number of rotatable bonds is 11. The molecule has 114 valence electrons. The van der Waals surface area contributed by atoms with Crippen LogP contribution in [-0.2, 0) is 6.42 Å². The Kier molecular flexibility index (Phi) is 9.65. The molecular weight excluding hydrogens is 262 g/mol. The van der Waals surface area contributed by atoms with Crippen LogP contribution in [-0.4, -0.2) is 18.8 Å². The number of benzene rings is 1. The molecule has 0 aromatic heterocycles. The number of thiol groups is 1. The van der Waals surface area contributed by atoms with Gasteiger partial charge in [-0.2, -0.15) is 12.6 Å². The van der Waals surface area contributed by atoms with Crippen molar-refractivity contribution in [2.24, 2.45) is 0 Å². The van der Waals surface area contributed by atoms with Crippen LogP contribution in [0.15, 0.2) is 24.3 Å². The Bertz CT molecular complexity index is 326. The molecule has 0 heterocycles. The molecule has 0 aliphatic carbocycles. The first-order chi connectivity index (χ1) is 9.81. The van der Waals surface area contributed by atoms with Crippen molar-refractivity contribution in [2.45, 2.75) is 58.8 Å². The summed E-state index contributed by atoms with van der Waals surface area (Å²) in [6.45, 7) is 6.91. The Morgan fingerprint density at radius 3 is 1.95 bits per heavy atom. The summed E-state index contributed by atoms with van der Waals surface area (Å²) < 4.78 is 0. The molecule has 0 radical (unpaired) electrons. The highest BCUT2D eigenvalue weighted by Crippen LogP contribution is 2.18. The van der Waals surface area contributed by atoms with Crippen molar-refractivity contribution >= 4 is 18.3 Å². The molecule has 1 aromatic carbocycles. The van der Waals surface area contributed by atoms with Gasteiger partial charge in [0.15, 0.2) is 0 Å². The summed E-state index contributed by atoms with van der Waals surface area (Å²) in [7, 11) is 0. The molecule has 0 aliphatic rings. The van der Waals surface area contributed by atoms with E-state index in [0.717, 1.165) is 5.75 Å². The minimum Gasteiger partial charge on any atom is -0.372 e. The third-order valence-electron chi connectivity index (χ3n) is 3.74. The predicted octanol–water partition coefficient (Wildman–Crippen LogP) is 5.35. The van der Waals surface area contributed by atoms with Crippen LogP contribution < -0.4 is 4.90 Å². The van der Waals surface area contributed by atoms with Crippen LogP contribution >= 0.6 is 12.6 Å². The Morgan fingerprint density at radius 1 is 0.850 bits per heavy atom. The van der Waals surface area contributed by atoms with Gasteiger partial charge in [-0.05, 0) is 55.6 Å². The van der Waals surface area contributed by atoms with Crippen molar-refractivity contribution in [1.29, 1.82) is 0 Å². The van der Waals surface area contributed by atoms with Crippen molar-refractivity contribution in [2.75, 3.05) is 23.7 Å². The van der Waals surface area contributed by atoms with Gasteiger partial charge in [-0.25, -0.2) is 0 Å². The summed E-state index contributed by atoms with van der Waals surface area (Å²) in [4.78, 5) is 2.55. The summed E-state index contributed by atoms with van der Waals surface area (Å²) >= 11 is 4.27. The smallest absolute Gasteiger partial charge is 0.0366 e. The highest BCUT2D eigenvalue weighted by molar-refractivity contribution is 7.80. The van der Waals surface area contributed by atoms with Gasteiger partial charge >= 0.3 is 0 Å². The number of aryl methyl sites for hydroxylation is 1. The molecule has 0 bridgehead atoms. The maximum Gasteiger partial charge on any atom is 0.0366 e. The van der Waals surface area contributed by atoms with Gasteiger partial charge in [0.05, 0.1) is 0 Å². The average molecular weight is 294 g/mol. The van der Waals surface area contributed by atoms with Crippen LogP contribution in [0, 0.1) is 0 Å². The molecule has 0 spiro atoms. The molecule has 2 heteroatoms. The molecule has 0 saturated carbocycles. The lowest BCUT2D eigenvalue weighted by Crippen LogP contribution is -2.25. The van der Waals surface area contributed by atoms with Gasteiger partial charge < -0.3 is 4.90 Å². The van der Waals surface area contributed by atoms with Gasteiger partial charge in [-0.15, -0.1) is 0 Å². The highest BCUT2D eigenvalue weighted by Gasteiger charge is 2.05. The molecule has 1 aromatic rings. The van der Waals surface area contributed by atoms with Gasteiger partial charge in [0, 0.05) is 18.8 Å². The quantitative estimate of drug-likeness (QED) is 0.425. The zero-order chi connectivity index (χ0) is 14.6. The van der Waals surface area contributed by atoms with E-state index >= 15 is 0 Å². The lowest BCUT2D eigenvalue weighted by atomic mass is 10.1. The fourth-order valence-corrected chi connectivity index (χ4v) is 2.61. The second-order valence-electron chi connectivity index (χ2n) is 5.54. The Balaban J connectivity index is 2.56. The molecule has 20 heavy (non-hydrogen) atoms. The summed E-state index contributed by atoms with van der Waals surface area (Å²) in [5.41, 5.74) is 2.85. The lowest BCUT2D eigenvalue weighted by molar-refractivity contribution is 0.678. The normalized spacial score (nSPS) is 10.8. The summed E-state index contributed by atoms with van der Waals surface area (Å²) in [5, 5.41) is 0. The van der Waals surface area contributed by atoms with Crippen LogP contribution in [0.2, 0.25) is 0 Å². The average Bonchev–Trinajstić information content (AvgIpc) is 2.49. The predicted molar refractivity (Wildman–Crippen MR) is 95.3 cm³/mol. The summed E-state index contributed by atoms with van der Waals surface area (Å²) in [5.74, 6) is 1.000. The lowest BCUT2D eigenvalue weighted by Gasteiger charge is -2.25. The molecular formula is C18H31NS. The molecule has 1 rings (SSSR count). The third kappa shape index (κ3) is 6.69. The fraction of sp³-hybridized carbons (Fsp3) is 0.667. The van der Waals surface area contributed by atoms with E-state index in [1.54, 1.807) is 0 Å². The topological polar surface area (TPSA) is 3.24 Å². The molecule has 0 atom stereocenters. The van der Waals surface area contributed by atoms with Crippen LogP contribution in [0.3, 0.4) is 0 Å². The molecule has 0 aliphatic heterocycles. The van der Waals surface area contributed by atoms with E-state index in [1.807, 2.05) is 0 Å². The van der Waals surface area contributed by atoms with E-state index < -0.39 is 0 Å². The van der Waals surface area contributed by atoms with Crippen LogP contribution in [0.25, 0.3) is 0 Å². The monoisotopic (exact) mass is 293 g/mol. The van der Waals surface area contributed by atoms with Crippen LogP contribution in [0.1, 0.15) is 57.9 Å². The van der Waals surface area contributed by atoms with E-state index in [9.17, 15) is 0 Å². The van der Waals surface area contributed by atoms with Gasteiger partial charge in [0.25, 0.3) is 0 Å². The number of anilines is 1. The van der Waals surface area contributed by atoms with Crippen molar-refractivity contribution in [3.8, 4) is 0 Å². The van der Waals surface area contributed by atoms with E-state index in [-0.39, 0.29) is 0 Å². The Hall–Kier alpha value is -0.630. The van der Waals surface area contributed by atoms with Gasteiger partial charge in [0.1, 0.15) is 0 Å². The van der Waals surface area contributed by atoms with E-state index in [4.69, 9.17) is 0 Å². The third-order valence-corrected chi connectivity index (χ3v) is 4.05. The Labute approximate surface area is 131 Å². The molecule has 0 unspecified atom stereocenters. The van der Waals surface area contributed by atoms with Gasteiger partial charge in [-0.3, -0.25) is 0 Å². The van der Waals surface area contributed by atoms with Crippen molar-refractivity contribution in [3.63, 3.8) is 0 Å². The maximum absolute atomic E-state index is 4.27. The highest BCUT2D eigenvalue weighted by atomic mass is 32.1. The first-order valence-corrected chi connectivity index (χ1v) is 8.89. The Morgan fingerprint density at radius 2 is 1.45 bits per heavy atom. The van der Waals surface area contributed by atoms with E-state index in [1.165, 1.54) is 69.3 Å². The first-order valence-electron chi connectivity index (χ1n) is 8.26. The standard InChI is InChI=1S/C18H31NS/c1-3-5-14-19(15-6-4-2)18-12-10-17(11-13-18)9-7-8-16-20/h10-13,20H,3-9,14-16H2,1-2H3. The second-order valence-corrected chi connectivity index (χ2v) is 5.99. The molecule has 0 fully saturated rings. The fourth-order valence-electron chi connectivity index (χ4n) is 2.38. The van der Waals surface area contributed by atoms with E-state index in [2.05, 4.69) is 55.6 Å². The summed E-state index contributed by atoms with van der Waals surface area (Å²) in [6.07, 6.45) is 8.75. The van der Waals surface area contributed by atoms with Gasteiger partial charge in [-0.1, -0.05) is 38.8 Å². The largest absolute Gasteiger partial charge is 0.372 e. The number of unbranched alkanes of at least 4 members (excludes halogenated alkanes) is 3. The zero-order valence-electron chi connectivity index (χ0n) is 13.3. The molecule has 0 N–H and O–H groups in total. The molecule has 1 nitrogen and oxygen atoms in total. The van der Waals surface area contributed by atoms with Gasteiger partial charge in [0.2, 0.25) is 0 Å². The zero-order valence-corrected chi connectivity index (χ0v) is 14.2. The van der Waals surface area contributed by atoms with Crippen molar-refractivity contribution in [3.05, 3.63) is 29.8 Å². The second kappa shape index (κ2) is 11.1. The van der Waals surface area contributed by atoms with Crippen LogP contribution in [0.4, 0.5) is 5.69 Å². The minimum atomic E-state index is 1.000. The number of nitrogens with zero attached hydrogens (tertiary/aromatic N) is 1. The maximum atomic E-state index is 4.27. The minimum absolute atomic E-state index is 1.000. The number of hydrogen-bond acceptors (Lipinski definition) is 2. The number of hydrogen-bond donors (Lipinski definition) is 1. The first kappa shape index (κ1) is 17.4. The van der Waals surface area contributed by atoms with Crippen molar-refractivity contribution < 1.29 is 0 Å². The molecule has 0 saturated heterocycles. The SMILES string of the molecule is CCCCN(CCCC)c1ccc(CCCCS)cc1. The van der Waals surface area contributed by atoms with Crippen LogP contribution in [0.5, 0.6) is 0 Å². The summed E-state index contributed by atoms with van der Waals surface area (Å²) in [6, 6.07) is 9.22. The van der Waals surface area contributed by atoms with Crippen molar-refractivity contribution in [1.82, 2.24) is 0 Å².